The zero-order chi connectivity index (χ0) is 44.8. The third kappa shape index (κ3) is 9.53. The third-order valence-electron chi connectivity index (χ3n) is 12.1. The Kier molecular flexibility index (Phi) is 14.6. The fourth-order valence-corrected chi connectivity index (χ4v) is 8.97. The minimum Gasteiger partial charge on any atom is -0.508 e. The zero-order valence-corrected chi connectivity index (χ0v) is 35.3. The van der Waals surface area contributed by atoms with Crippen LogP contribution in [-0.2, 0) is 58.6 Å². The molecule has 0 spiro atoms. The highest BCUT2D eigenvalue weighted by Gasteiger charge is 2.51. The summed E-state index contributed by atoms with van der Waals surface area (Å²) in [6, 6.07) is 2.79. The normalized spacial score (nSPS) is 35.9. The number of benzene rings is 2. The van der Waals surface area contributed by atoms with E-state index in [9.17, 15) is 50.1 Å². The molecule has 4 aliphatic rings. The van der Waals surface area contributed by atoms with Gasteiger partial charge in [0.2, 0.25) is 0 Å². The quantitative estimate of drug-likeness (QED) is 0.139. The summed E-state index contributed by atoms with van der Waals surface area (Å²) in [7, 11) is 2.66. The summed E-state index contributed by atoms with van der Waals surface area (Å²) >= 11 is 0. The van der Waals surface area contributed by atoms with Gasteiger partial charge >= 0.3 is 5.97 Å². The van der Waals surface area contributed by atoms with Gasteiger partial charge in [0.1, 0.15) is 60.0 Å². The minimum atomic E-state index is -1.91. The minimum absolute atomic E-state index is 0.0191. The first kappa shape index (κ1) is 46.9. The van der Waals surface area contributed by atoms with Crippen molar-refractivity contribution in [2.24, 2.45) is 5.92 Å². The van der Waals surface area contributed by atoms with E-state index in [0.29, 0.717) is 0 Å². The number of ether oxygens (including phenoxy) is 9. The van der Waals surface area contributed by atoms with Gasteiger partial charge in [0.25, 0.3) is 0 Å². The molecule has 7 N–H and O–H groups in total. The van der Waals surface area contributed by atoms with Crippen LogP contribution in [0.1, 0.15) is 75.4 Å². The van der Waals surface area contributed by atoms with Gasteiger partial charge in [-0.05, 0) is 64.1 Å². The van der Waals surface area contributed by atoms with E-state index < -0.39 is 133 Å². The Labute approximate surface area is 352 Å². The number of aromatic hydroxyl groups is 3. The summed E-state index contributed by atoms with van der Waals surface area (Å²) in [6.45, 7) is 8.78. The number of ketones is 2. The van der Waals surface area contributed by atoms with E-state index in [2.05, 4.69) is 0 Å². The van der Waals surface area contributed by atoms with Crippen molar-refractivity contribution >= 4 is 28.3 Å². The average Bonchev–Trinajstić information content (AvgIpc) is 3.17. The maximum atomic E-state index is 14.7. The Balaban J connectivity index is 1.26. The van der Waals surface area contributed by atoms with Crippen LogP contribution in [0, 0.1) is 12.8 Å². The number of aliphatic hydroxyl groups excluding tert-OH is 4. The van der Waals surface area contributed by atoms with Crippen LogP contribution in [0.5, 0.6) is 17.2 Å². The van der Waals surface area contributed by atoms with Crippen molar-refractivity contribution in [2.75, 3.05) is 14.2 Å². The molecule has 3 saturated heterocycles. The molecule has 19 heteroatoms. The van der Waals surface area contributed by atoms with E-state index in [4.69, 9.17) is 42.6 Å². The number of phenols is 3. The highest BCUT2D eigenvalue weighted by Crippen LogP contribution is 2.46. The molecule has 2 aromatic carbocycles. The van der Waals surface area contributed by atoms with E-state index in [-0.39, 0.29) is 58.9 Å². The highest BCUT2D eigenvalue weighted by atomic mass is 16.8. The van der Waals surface area contributed by atoms with Gasteiger partial charge in [-0.25, -0.2) is 0 Å². The Morgan fingerprint density at radius 2 is 1.43 bits per heavy atom. The number of esters is 1. The van der Waals surface area contributed by atoms with Gasteiger partial charge in [-0.1, -0.05) is 0 Å². The van der Waals surface area contributed by atoms with Crippen LogP contribution in [0.25, 0.3) is 10.8 Å². The van der Waals surface area contributed by atoms with Crippen LogP contribution < -0.4 is 0 Å². The largest absolute Gasteiger partial charge is 0.508 e. The van der Waals surface area contributed by atoms with E-state index >= 15 is 0 Å². The summed E-state index contributed by atoms with van der Waals surface area (Å²) in [6.07, 6.45) is -17.6. The van der Waals surface area contributed by atoms with Gasteiger partial charge in [0.15, 0.2) is 30.4 Å². The molecule has 0 radical (unpaired) electrons. The van der Waals surface area contributed by atoms with Crippen LogP contribution in [0.2, 0.25) is 0 Å². The van der Waals surface area contributed by atoms with Crippen LogP contribution >= 0.6 is 0 Å². The monoisotopic (exact) mass is 866 g/mol. The molecule has 3 aliphatic heterocycles. The van der Waals surface area contributed by atoms with Crippen LogP contribution in [0.3, 0.4) is 0 Å². The maximum absolute atomic E-state index is 14.7. The molecule has 0 saturated carbocycles. The molecule has 0 amide bonds. The van der Waals surface area contributed by atoms with E-state index in [0.717, 1.165) is 0 Å². The highest BCUT2D eigenvalue weighted by molar-refractivity contribution is 6.11. The molecular weight excluding hydrogens is 808 g/mol. The number of carbonyl (C=O) groups is 3. The topological polar surface area (TPSA) is 276 Å². The van der Waals surface area contributed by atoms with E-state index in [1.54, 1.807) is 20.8 Å². The van der Waals surface area contributed by atoms with Crippen LogP contribution in [0.15, 0.2) is 12.1 Å². The SMILES string of the molecule is COC(C(=O)C(O)C(C)O)C1Cc2cc3cc(O)c(C)c(O)c3c(O)c2C(=O)C1OC1C(C)OC(OC2CC(OC3CC(O)C(OC)C(C)O3)C(O)C(C)O2)CC1OC(C)=O. The number of methoxy groups -OCH3 is 2. The molecule has 340 valence electrons. The van der Waals surface area contributed by atoms with E-state index in [1.807, 2.05) is 0 Å². The standard InChI is InChI=1S/C42H58O19/c1-15-24(45)11-22-9-21-10-23(41(54-8)38(52)34(48)16(2)43)42(37(51)32(21)36(50)31(22)33(15)47)61-40-19(5)57-30(14-27(40)58-20(6)44)60-29-13-26(35(49)17(3)55-29)59-28-12-25(46)39(53-7)18(4)56-28/h9,11,16-19,23,25-30,34-35,39-43,45-50H,10,12-14H2,1-8H3. The molecule has 17 atom stereocenters. The number of phenolic OH excluding ortho intramolecular Hbond substituents is 3. The Morgan fingerprint density at radius 3 is 2.02 bits per heavy atom. The fraction of sp³-hybridized carbons (Fsp3) is 0.690. The number of Topliss-reactive ketones (excluding diaryl/α,β-unsaturated/α-hetero) is 2. The number of hydrogen-bond donors (Lipinski definition) is 7. The summed E-state index contributed by atoms with van der Waals surface area (Å²) in [4.78, 5) is 40.9. The Bertz CT molecular complexity index is 1910. The van der Waals surface area contributed by atoms with Crippen LogP contribution in [-0.4, -0.2) is 166 Å². The van der Waals surface area contributed by atoms with Crippen molar-refractivity contribution in [1.29, 1.82) is 0 Å². The molecule has 61 heavy (non-hydrogen) atoms. The number of rotatable bonds is 13. The number of carbonyl (C=O) groups excluding carboxylic acids is 3. The Morgan fingerprint density at radius 1 is 0.820 bits per heavy atom. The predicted molar refractivity (Wildman–Crippen MR) is 209 cm³/mol. The van der Waals surface area contributed by atoms with Crippen molar-refractivity contribution in [3.63, 3.8) is 0 Å². The molecule has 2 aromatic rings. The molecule has 0 bridgehead atoms. The first-order chi connectivity index (χ1) is 28.7. The predicted octanol–water partition coefficient (Wildman–Crippen LogP) is 1.17. The van der Waals surface area contributed by atoms with Gasteiger partial charge in [0, 0.05) is 51.9 Å². The van der Waals surface area contributed by atoms with Crippen molar-refractivity contribution in [3.8, 4) is 17.2 Å². The molecule has 0 aromatic heterocycles. The van der Waals surface area contributed by atoms with Crippen molar-refractivity contribution in [3.05, 3.63) is 28.8 Å². The van der Waals surface area contributed by atoms with Crippen molar-refractivity contribution < 1.29 is 92.8 Å². The average molecular weight is 867 g/mol. The number of fused-ring (bicyclic) bond motifs is 2. The molecule has 3 heterocycles. The summed E-state index contributed by atoms with van der Waals surface area (Å²) < 4.78 is 53.6. The van der Waals surface area contributed by atoms with E-state index in [1.165, 1.54) is 47.1 Å². The zero-order valence-electron chi connectivity index (χ0n) is 35.3. The second kappa shape index (κ2) is 19.0. The number of hydrogen-bond acceptors (Lipinski definition) is 19. The lowest BCUT2D eigenvalue weighted by atomic mass is 9.74. The molecule has 1 aliphatic carbocycles. The van der Waals surface area contributed by atoms with Gasteiger partial charge in [-0.2, -0.15) is 0 Å². The maximum Gasteiger partial charge on any atom is 0.302 e. The smallest absolute Gasteiger partial charge is 0.302 e. The van der Waals surface area contributed by atoms with Crippen LogP contribution in [0.4, 0.5) is 0 Å². The fourth-order valence-electron chi connectivity index (χ4n) is 8.97. The summed E-state index contributed by atoms with van der Waals surface area (Å²) in [5.74, 6) is -5.00. The first-order valence-electron chi connectivity index (χ1n) is 20.4. The molecule has 6 rings (SSSR count). The Hall–Kier alpha value is -3.57. The van der Waals surface area contributed by atoms with Gasteiger partial charge in [-0.15, -0.1) is 0 Å². The van der Waals surface area contributed by atoms with Crippen molar-refractivity contribution in [1.82, 2.24) is 0 Å². The second-order valence-electron chi connectivity index (χ2n) is 16.5. The van der Waals surface area contributed by atoms with Gasteiger partial charge in [0.05, 0.1) is 47.6 Å². The van der Waals surface area contributed by atoms with Gasteiger partial charge < -0.3 is 78.4 Å². The lowest BCUT2D eigenvalue weighted by molar-refractivity contribution is -0.345. The first-order valence-corrected chi connectivity index (χ1v) is 20.4. The third-order valence-corrected chi connectivity index (χ3v) is 12.1. The molecule has 19 nitrogen and oxygen atoms in total. The second-order valence-corrected chi connectivity index (χ2v) is 16.5. The summed E-state index contributed by atoms with van der Waals surface area (Å²) in [5.41, 5.74) is 0.0466. The van der Waals surface area contributed by atoms with Crippen molar-refractivity contribution in [2.45, 2.75) is 165 Å². The molecular formula is C42H58O19. The molecule has 3 fully saturated rings. The van der Waals surface area contributed by atoms with Gasteiger partial charge in [-0.3, -0.25) is 14.4 Å². The lowest BCUT2D eigenvalue weighted by Gasteiger charge is -2.45. The number of aliphatic hydroxyl groups is 4. The molecule has 17 unspecified atom stereocenters. The summed E-state index contributed by atoms with van der Waals surface area (Å²) in [5, 5.41) is 75.4. The lowest BCUT2D eigenvalue weighted by Crippen LogP contribution is -2.58.